The Bertz CT molecular complexity index is 2150. The minimum absolute atomic E-state index is 0.0380. The zero-order valence-corrected chi connectivity index (χ0v) is 33.4. The summed E-state index contributed by atoms with van der Waals surface area (Å²) in [6.07, 6.45) is -3.07. The van der Waals surface area contributed by atoms with E-state index < -0.39 is 91.6 Å². The van der Waals surface area contributed by atoms with Crippen LogP contribution < -0.4 is 32.0 Å². The van der Waals surface area contributed by atoms with Crippen LogP contribution in [-0.4, -0.2) is 121 Å². The lowest BCUT2D eigenvalue weighted by atomic mass is 9.97. The van der Waals surface area contributed by atoms with Crippen LogP contribution in [0.1, 0.15) is 51.4 Å². The number of guanidine groups is 1. The summed E-state index contributed by atoms with van der Waals surface area (Å²) in [6.45, 7) is 0.225. The number of hydrogen-bond donors (Lipinski definition) is 7. The van der Waals surface area contributed by atoms with E-state index in [0.717, 1.165) is 5.56 Å². The number of nitrogens with one attached hydrogen (secondary N) is 2. The number of carboxylic acid groups (broad SMARTS) is 2. The van der Waals surface area contributed by atoms with E-state index in [1.165, 1.54) is 6.07 Å². The van der Waals surface area contributed by atoms with Crippen LogP contribution >= 0.6 is 0 Å². The van der Waals surface area contributed by atoms with Crippen molar-refractivity contribution < 1.29 is 62.8 Å². The van der Waals surface area contributed by atoms with E-state index >= 15 is 0 Å². The number of carboxylic acids is 2. The smallest absolute Gasteiger partial charge is 0.310 e. The van der Waals surface area contributed by atoms with Crippen molar-refractivity contribution in [1.82, 2.24) is 15.1 Å². The Balaban J connectivity index is 1.38. The SMILES string of the molecule is NC(N)=NCCC[C@H](NC(=O)CCC(=O)OC[N+]1(c2cc(=O)c3cccc(-c4ccccc4)c3o2)CCOCC1)C(=O)CCC(=O)N[C@@H](CC(=O)O)C(=O)C[C@@H](CO)C(=O)O. The molecule has 3 aromatic rings. The summed E-state index contributed by atoms with van der Waals surface area (Å²) in [5, 5.41) is 32.8. The van der Waals surface area contributed by atoms with Gasteiger partial charge in [-0.3, -0.25) is 43.3 Å². The van der Waals surface area contributed by atoms with Crippen molar-refractivity contribution in [2.24, 2.45) is 22.4 Å². The number of ether oxygens (including phenoxy) is 2. The van der Waals surface area contributed by atoms with Crippen LogP contribution in [0, 0.1) is 5.92 Å². The van der Waals surface area contributed by atoms with Crippen LogP contribution in [0.2, 0.25) is 0 Å². The van der Waals surface area contributed by atoms with Crippen LogP contribution in [0.15, 0.2) is 68.8 Å². The normalized spacial score (nSPS) is 14.8. The van der Waals surface area contributed by atoms with Crippen LogP contribution in [0.4, 0.5) is 5.88 Å². The van der Waals surface area contributed by atoms with Crippen molar-refractivity contribution in [3.63, 3.8) is 0 Å². The fraction of sp³-hybridized carbons (Fsp3) is 0.439. The molecule has 1 fully saturated rings. The number of aliphatic hydroxyl groups excluding tert-OH is 1. The molecule has 2 heterocycles. The van der Waals surface area contributed by atoms with Crippen molar-refractivity contribution in [2.75, 3.05) is 46.2 Å². The molecule has 0 spiro atoms. The average molecular weight is 852 g/mol. The number of fused-ring (bicyclic) bond motifs is 1. The minimum atomic E-state index is -1.62. The van der Waals surface area contributed by atoms with E-state index in [1.807, 2.05) is 36.4 Å². The minimum Gasteiger partial charge on any atom is -0.481 e. The maximum Gasteiger partial charge on any atom is 0.310 e. The number of quaternary nitrogens is 1. The van der Waals surface area contributed by atoms with Crippen LogP contribution in [0.5, 0.6) is 0 Å². The first-order valence-electron chi connectivity index (χ1n) is 19.6. The van der Waals surface area contributed by atoms with E-state index in [-0.39, 0.29) is 60.7 Å². The summed E-state index contributed by atoms with van der Waals surface area (Å²) in [5.41, 5.74) is 12.4. The number of ketones is 2. The molecule has 0 saturated carbocycles. The lowest BCUT2D eigenvalue weighted by molar-refractivity contribution is -0.151. The molecule has 3 atom stereocenters. The number of nitrogens with two attached hydrogens (primary N) is 2. The lowest BCUT2D eigenvalue weighted by Crippen LogP contribution is -2.58. The van der Waals surface area contributed by atoms with Crippen molar-refractivity contribution >= 4 is 64.1 Å². The highest BCUT2D eigenvalue weighted by Crippen LogP contribution is 2.33. The third kappa shape index (κ3) is 14.0. The molecule has 9 N–H and O–H groups in total. The van der Waals surface area contributed by atoms with Gasteiger partial charge in [0.15, 0.2) is 28.5 Å². The molecule has 2 amide bonds. The zero-order chi connectivity index (χ0) is 44.5. The molecule has 1 aliphatic heterocycles. The molecule has 20 nitrogen and oxygen atoms in total. The van der Waals surface area contributed by atoms with Crippen LogP contribution in [0.25, 0.3) is 22.1 Å². The molecular weight excluding hydrogens is 800 g/mol. The number of esters is 1. The topological polar surface area (TPSA) is 317 Å². The van der Waals surface area contributed by atoms with Gasteiger partial charge in [-0.2, -0.15) is 0 Å². The second kappa shape index (κ2) is 22.7. The largest absolute Gasteiger partial charge is 0.481 e. The quantitative estimate of drug-likeness (QED) is 0.0213. The number of hydrogen-bond acceptors (Lipinski definition) is 13. The van der Waals surface area contributed by atoms with Crippen molar-refractivity contribution in [2.45, 2.75) is 63.5 Å². The first-order chi connectivity index (χ1) is 29.1. The average Bonchev–Trinajstić information content (AvgIpc) is 3.24. The lowest BCUT2D eigenvalue weighted by Gasteiger charge is -2.37. The van der Waals surface area contributed by atoms with E-state index in [0.29, 0.717) is 42.8 Å². The summed E-state index contributed by atoms with van der Waals surface area (Å²) in [5.74, 6) is -8.22. The van der Waals surface area contributed by atoms with Crippen molar-refractivity contribution in [3.8, 4) is 11.1 Å². The second-order valence-electron chi connectivity index (χ2n) is 14.5. The third-order valence-corrected chi connectivity index (χ3v) is 10.0. The van der Waals surface area contributed by atoms with Gasteiger partial charge in [-0.25, -0.2) is 4.48 Å². The van der Waals surface area contributed by atoms with Gasteiger partial charge >= 0.3 is 23.8 Å². The molecule has 0 radical (unpaired) electrons. The van der Waals surface area contributed by atoms with E-state index in [2.05, 4.69) is 15.6 Å². The summed E-state index contributed by atoms with van der Waals surface area (Å²) in [4.78, 5) is 105. The maximum atomic E-state index is 13.4. The van der Waals surface area contributed by atoms with Gasteiger partial charge in [0.05, 0.1) is 62.1 Å². The molecule has 1 saturated heterocycles. The number of Topliss-reactive ketones (excluding diaryl/α,β-unsaturated/α-hetero) is 2. The fourth-order valence-corrected chi connectivity index (χ4v) is 6.63. The predicted octanol–water partition coefficient (Wildman–Crippen LogP) is 0.578. The number of aliphatic hydroxyl groups is 1. The highest BCUT2D eigenvalue weighted by Gasteiger charge is 2.38. The number of aliphatic carboxylic acids is 2. The van der Waals surface area contributed by atoms with E-state index in [1.54, 1.807) is 12.1 Å². The number of carbonyl (C=O) groups excluding carboxylic acids is 5. The number of morpholine rings is 1. The highest BCUT2D eigenvalue weighted by atomic mass is 16.6. The third-order valence-electron chi connectivity index (χ3n) is 10.0. The molecule has 1 aromatic heterocycles. The molecule has 61 heavy (non-hydrogen) atoms. The number of nitrogens with zero attached hydrogens (tertiary/aromatic N) is 2. The van der Waals surface area contributed by atoms with Crippen LogP contribution in [-0.2, 0) is 43.0 Å². The number of carbonyl (C=O) groups is 7. The predicted molar refractivity (Wildman–Crippen MR) is 219 cm³/mol. The number of benzene rings is 2. The first-order valence-corrected chi connectivity index (χ1v) is 19.6. The molecule has 4 rings (SSSR count). The Labute approximate surface area is 349 Å². The van der Waals surface area contributed by atoms with Gasteiger partial charge in [0.1, 0.15) is 13.1 Å². The Morgan fingerprint density at radius 2 is 1.51 bits per heavy atom. The Kier molecular flexibility index (Phi) is 17.6. The van der Waals surface area contributed by atoms with Gasteiger partial charge in [0.2, 0.25) is 18.5 Å². The summed E-state index contributed by atoms with van der Waals surface area (Å²) in [6, 6.07) is 13.4. The number of amides is 2. The van der Waals surface area contributed by atoms with Gasteiger partial charge in [-0.1, -0.05) is 42.5 Å². The van der Waals surface area contributed by atoms with Gasteiger partial charge in [-0.15, -0.1) is 0 Å². The summed E-state index contributed by atoms with van der Waals surface area (Å²) >= 11 is 0. The number of aliphatic imine (C=N–C) groups is 1. The Morgan fingerprint density at radius 3 is 2.15 bits per heavy atom. The fourth-order valence-electron chi connectivity index (χ4n) is 6.63. The molecule has 0 unspecified atom stereocenters. The first kappa shape index (κ1) is 47.2. The highest BCUT2D eigenvalue weighted by molar-refractivity contribution is 5.96. The van der Waals surface area contributed by atoms with E-state index in [9.17, 15) is 48.6 Å². The van der Waals surface area contributed by atoms with Crippen molar-refractivity contribution in [1.29, 1.82) is 0 Å². The molecule has 328 valence electrons. The monoisotopic (exact) mass is 851 g/mol. The molecule has 1 aliphatic rings. The standard InChI is InChI=1S/C41H50N6O14/c42-41(43)44-15-5-10-29(31(49)11-12-34(52)46-30(21-37(54)55)33(51)20-26(23-48)40(57)58)45-35(53)13-14-38(56)60-24-47(16-18-59-19-17-47)36-22-32(50)28-9-4-8-27(39(28)61-36)25-6-2-1-3-7-25/h1-4,6-9,22,26,29-30,48H,5,10-21,23-24H2,(H7-,42,43,44,45,46,52,53,54,55,57,58)/p+1/t26-,29-,30-/m0/s1. The zero-order valence-electron chi connectivity index (χ0n) is 33.4. The summed E-state index contributed by atoms with van der Waals surface area (Å²) in [7, 11) is 0. The number of para-hydroxylation sites is 1. The molecule has 0 bridgehead atoms. The van der Waals surface area contributed by atoms with Crippen LogP contribution in [0.3, 0.4) is 0 Å². The molecule has 20 heteroatoms. The summed E-state index contributed by atoms with van der Waals surface area (Å²) < 4.78 is 17.7. The molecular formula is C41H51N6O14+. The maximum absolute atomic E-state index is 13.4. The van der Waals surface area contributed by atoms with E-state index in [4.69, 9.17) is 30.5 Å². The molecule has 2 aromatic carbocycles. The van der Waals surface area contributed by atoms with Gasteiger partial charge < -0.3 is 51.3 Å². The van der Waals surface area contributed by atoms with Gasteiger partial charge in [0.25, 0.3) is 0 Å². The Morgan fingerprint density at radius 1 is 0.836 bits per heavy atom. The molecule has 0 aliphatic carbocycles. The van der Waals surface area contributed by atoms with Gasteiger partial charge in [-0.05, 0) is 24.5 Å². The Hall–Kier alpha value is -6.51. The number of rotatable bonds is 24. The van der Waals surface area contributed by atoms with Crippen molar-refractivity contribution in [3.05, 3.63) is 64.8 Å². The second-order valence-corrected chi connectivity index (χ2v) is 14.5. The van der Waals surface area contributed by atoms with Gasteiger partial charge in [0, 0.05) is 37.8 Å².